The molecule has 21 heavy (non-hydrogen) atoms. The number of fused-ring (bicyclic) bond motifs is 4. The monoisotopic (exact) mass is 306 g/mol. The molecular formula is C16H26N4S. The van der Waals surface area contributed by atoms with Crippen molar-refractivity contribution in [3.8, 4) is 0 Å². The Morgan fingerprint density at radius 1 is 1.29 bits per heavy atom. The number of thiazole rings is 1. The normalized spacial score (nSPS) is 34.9. The molecule has 3 saturated heterocycles. The predicted octanol–water partition coefficient (Wildman–Crippen LogP) is 1.67. The van der Waals surface area contributed by atoms with Crippen LogP contribution in [0, 0.1) is 0 Å². The molecule has 0 aromatic carbocycles. The first-order chi connectivity index (χ1) is 10.3. The summed E-state index contributed by atoms with van der Waals surface area (Å²) >= 11 is 1.95. The standard InChI is InChI=1S/C16H26N4S/c1-2-15-18-14-5-3-4-13(16(14)21-15)17-10-12-11-19-6-8-20(12)9-7-19/h12-13,17H,2-11H2,1H3. The van der Waals surface area contributed by atoms with Gasteiger partial charge in [-0.1, -0.05) is 6.92 Å². The van der Waals surface area contributed by atoms with Crippen molar-refractivity contribution in [2.45, 2.75) is 44.7 Å². The van der Waals surface area contributed by atoms with Crippen molar-refractivity contribution >= 4 is 11.3 Å². The Morgan fingerprint density at radius 2 is 2.14 bits per heavy atom. The summed E-state index contributed by atoms with van der Waals surface area (Å²) < 4.78 is 0. The summed E-state index contributed by atoms with van der Waals surface area (Å²) in [6.07, 6.45) is 4.84. The molecule has 0 saturated carbocycles. The van der Waals surface area contributed by atoms with Crippen LogP contribution in [0.25, 0.3) is 0 Å². The fourth-order valence-electron chi connectivity index (χ4n) is 4.01. The van der Waals surface area contributed by atoms with Gasteiger partial charge in [0.05, 0.1) is 10.7 Å². The molecule has 1 N–H and O–H groups in total. The van der Waals surface area contributed by atoms with Gasteiger partial charge in [0.15, 0.2) is 0 Å². The van der Waals surface area contributed by atoms with E-state index in [1.165, 1.54) is 67.6 Å². The van der Waals surface area contributed by atoms with E-state index in [4.69, 9.17) is 4.98 Å². The minimum Gasteiger partial charge on any atom is -0.308 e. The first kappa shape index (κ1) is 14.1. The summed E-state index contributed by atoms with van der Waals surface area (Å²) in [5.41, 5.74) is 1.38. The van der Waals surface area contributed by atoms with Crippen molar-refractivity contribution in [2.24, 2.45) is 0 Å². The van der Waals surface area contributed by atoms with Gasteiger partial charge in [-0.25, -0.2) is 4.98 Å². The van der Waals surface area contributed by atoms with Crippen molar-refractivity contribution in [2.75, 3.05) is 39.3 Å². The number of nitrogens with zero attached hydrogens (tertiary/aromatic N) is 3. The molecule has 3 fully saturated rings. The summed E-state index contributed by atoms with van der Waals surface area (Å²) in [7, 11) is 0. The highest BCUT2D eigenvalue weighted by Crippen LogP contribution is 2.34. The second-order valence-electron chi connectivity index (χ2n) is 6.62. The van der Waals surface area contributed by atoms with Crippen LogP contribution < -0.4 is 5.32 Å². The van der Waals surface area contributed by atoms with Crippen LogP contribution in [0.3, 0.4) is 0 Å². The van der Waals surface area contributed by atoms with E-state index in [1.807, 2.05) is 11.3 Å². The van der Waals surface area contributed by atoms with Crippen LogP contribution in [0.15, 0.2) is 0 Å². The van der Waals surface area contributed by atoms with Crippen molar-refractivity contribution in [1.82, 2.24) is 20.1 Å². The molecule has 1 aromatic rings. The van der Waals surface area contributed by atoms with Gasteiger partial charge in [0.25, 0.3) is 0 Å². The van der Waals surface area contributed by atoms with Crippen molar-refractivity contribution in [3.63, 3.8) is 0 Å². The van der Waals surface area contributed by atoms with Crippen LogP contribution in [-0.2, 0) is 12.8 Å². The second kappa shape index (κ2) is 5.95. The number of piperazine rings is 3. The number of hydrogen-bond acceptors (Lipinski definition) is 5. The van der Waals surface area contributed by atoms with E-state index >= 15 is 0 Å². The minimum absolute atomic E-state index is 0.559. The average Bonchev–Trinajstić information content (AvgIpc) is 2.98. The molecule has 4 heterocycles. The summed E-state index contributed by atoms with van der Waals surface area (Å²) in [6, 6.07) is 1.28. The van der Waals surface area contributed by atoms with E-state index < -0.39 is 0 Å². The molecule has 5 rings (SSSR count). The van der Waals surface area contributed by atoms with Crippen LogP contribution in [0.1, 0.15) is 41.4 Å². The molecule has 2 unspecified atom stereocenters. The van der Waals surface area contributed by atoms with Gasteiger partial charge in [-0.3, -0.25) is 9.80 Å². The fourth-order valence-corrected chi connectivity index (χ4v) is 5.18. The van der Waals surface area contributed by atoms with Gasteiger partial charge in [0.1, 0.15) is 0 Å². The minimum atomic E-state index is 0.559. The molecule has 116 valence electrons. The van der Waals surface area contributed by atoms with Crippen LogP contribution in [0.4, 0.5) is 0 Å². The molecule has 2 atom stereocenters. The van der Waals surface area contributed by atoms with Crippen LogP contribution in [0.2, 0.25) is 0 Å². The number of aryl methyl sites for hydroxylation is 2. The third kappa shape index (κ3) is 2.77. The van der Waals surface area contributed by atoms with Crippen LogP contribution >= 0.6 is 11.3 Å². The third-order valence-corrected chi connectivity index (χ3v) is 6.64. The highest BCUT2D eigenvalue weighted by Gasteiger charge is 2.32. The summed E-state index contributed by atoms with van der Waals surface area (Å²) in [6.45, 7) is 9.70. The van der Waals surface area contributed by atoms with Gasteiger partial charge < -0.3 is 5.32 Å². The second-order valence-corrected chi connectivity index (χ2v) is 7.73. The predicted molar refractivity (Wildman–Crippen MR) is 87.0 cm³/mol. The lowest BCUT2D eigenvalue weighted by atomic mass is 9.97. The molecule has 0 amide bonds. The van der Waals surface area contributed by atoms with E-state index in [2.05, 4.69) is 22.0 Å². The molecule has 1 aliphatic carbocycles. The molecular weight excluding hydrogens is 280 g/mol. The van der Waals surface area contributed by atoms with E-state index in [-0.39, 0.29) is 0 Å². The van der Waals surface area contributed by atoms with E-state index in [0.29, 0.717) is 6.04 Å². The van der Waals surface area contributed by atoms with E-state index in [0.717, 1.165) is 19.0 Å². The number of hydrogen-bond donors (Lipinski definition) is 1. The lowest BCUT2D eigenvalue weighted by Crippen LogP contribution is -2.63. The van der Waals surface area contributed by atoms with E-state index in [1.54, 1.807) is 0 Å². The summed E-state index contributed by atoms with van der Waals surface area (Å²) in [5.74, 6) is 0. The largest absolute Gasteiger partial charge is 0.308 e. The maximum Gasteiger partial charge on any atom is 0.0928 e. The summed E-state index contributed by atoms with van der Waals surface area (Å²) in [4.78, 5) is 11.7. The molecule has 4 aliphatic rings. The third-order valence-electron chi connectivity index (χ3n) is 5.29. The zero-order valence-corrected chi connectivity index (χ0v) is 13.8. The molecule has 2 bridgehead atoms. The fraction of sp³-hybridized carbons (Fsp3) is 0.812. The Morgan fingerprint density at radius 3 is 2.86 bits per heavy atom. The van der Waals surface area contributed by atoms with Crippen molar-refractivity contribution < 1.29 is 0 Å². The number of nitrogens with one attached hydrogen (secondary N) is 1. The SMILES string of the molecule is CCc1nc2c(s1)C(NCC1CN3CCN1CC3)CCC2. The van der Waals surface area contributed by atoms with Gasteiger partial charge in [-0.15, -0.1) is 11.3 Å². The lowest BCUT2D eigenvalue weighted by molar-refractivity contribution is 0.0125. The maximum atomic E-state index is 4.81. The molecule has 5 heteroatoms. The molecule has 0 spiro atoms. The average molecular weight is 306 g/mol. The Kier molecular flexibility index (Phi) is 4.00. The van der Waals surface area contributed by atoms with Crippen molar-refractivity contribution in [3.05, 3.63) is 15.6 Å². The summed E-state index contributed by atoms with van der Waals surface area (Å²) in [5, 5.41) is 5.19. The number of rotatable bonds is 4. The van der Waals surface area contributed by atoms with Gasteiger partial charge >= 0.3 is 0 Å². The maximum absolute atomic E-state index is 4.81. The Balaban J connectivity index is 1.41. The highest BCUT2D eigenvalue weighted by atomic mass is 32.1. The van der Waals surface area contributed by atoms with Gasteiger partial charge in [-0.2, -0.15) is 0 Å². The zero-order chi connectivity index (χ0) is 14.2. The Bertz CT molecular complexity index is 492. The smallest absolute Gasteiger partial charge is 0.0928 e. The van der Waals surface area contributed by atoms with Gasteiger partial charge in [0, 0.05) is 56.2 Å². The molecule has 4 nitrogen and oxygen atoms in total. The van der Waals surface area contributed by atoms with Gasteiger partial charge in [-0.05, 0) is 25.7 Å². The number of aromatic nitrogens is 1. The topological polar surface area (TPSA) is 31.4 Å². The molecule has 3 aliphatic heterocycles. The molecule has 0 radical (unpaired) electrons. The quantitative estimate of drug-likeness (QED) is 0.917. The Hall–Kier alpha value is -0.490. The molecule has 1 aromatic heterocycles. The lowest BCUT2D eigenvalue weighted by Gasteiger charge is -2.48. The highest BCUT2D eigenvalue weighted by molar-refractivity contribution is 7.11. The first-order valence-corrected chi connectivity index (χ1v) is 9.33. The van der Waals surface area contributed by atoms with Crippen LogP contribution in [0.5, 0.6) is 0 Å². The zero-order valence-electron chi connectivity index (χ0n) is 13.0. The van der Waals surface area contributed by atoms with Gasteiger partial charge in [0.2, 0.25) is 0 Å². The van der Waals surface area contributed by atoms with E-state index in [9.17, 15) is 0 Å². The van der Waals surface area contributed by atoms with Crippen LogP contribution in [-0.4, -0.2) is 60.1 Å². The van der Waals surface area contributed by atoms with Crippen molar-refractivity contribution in [1.29, 1.82) is 0 Å². The Labute approximate surface area is 131 Å². The first-order valence-electron chi connectivity index (χ1n) is 8.51.